The highest BCUT2D eigenvalue weighted by Gasteiger charge is 2.18. The van der Waals surface area contributed by atoms with Crippen LogP contribution in [-0.4, -0.2) is 40.9 Å². The number of nitrogens with one attached hydrogen (secondary N) is 1. The Kier molecular flexibility index (Phi) is 5.24. The molecule has 30 heavy (non-hydrogen) atoms. The van der Waals surface area contributed by atoms with Crippen molar-refractivity contribution < 1.29 is 14.3 Å². The number of nitrogens with zero attached hydrogens (tertiary/aromatic N) is 3. The predicted molar refractivity (Wildman–Crippen MR) is 115 cm³/mol. The molecule has 2 heterocycles. The van der Waals surface area contributed by atoms with E-state index in [1.165, 1.54) is 10.6 Å². The van der Waals surface area contributed by atoms with Gasteiger partial charge in [0.05, 0.1) is 30.4 Å². The lowest BCUT2D eigenvalue weighted by molar-refractivity contribution is 0.102. The van der Waals surface area contributed by atoms with Crippen LogP contribution in [0.2, 0.25) is 0 Å². The Morgan fingerprint density at radius 3 is 2.57 bits per heavy atom. The van der Waals surface area contributed by atoms with Crippen LogP contribution < -0.4 is 15.6 Å². The molecule has 0 spiro atoms. The SMILES string of the molecule is COCCn1c(=O)c2cc(C(=O)Nc3cc(C)ccc3OC)nn2c2ccccc21. The van der Waals surface area contributed by atoms with Gasteiger partial charge in [-0.15, -0.1) is 0 Å². The summed E-state index contributed by atoms with van der Waals surface area (Å²) >= 11 is 0. The topological polar surface area (TPSA) is 86.9 Å². The van der Waals surface area contributed by atoms with Crippen molar-refractivity contribution in [2.75, 3.05) is 26.1 Å². The van der Waals surface area contributed by atoms with Crippen molar-refractivity contribution in [2.24, 2.45) is 0 Å². The summed E-state index contributed by atoms with van der Waals surface area (Å²) in [6, 6.07) is 14.5. The fourth-order valence-electron chi connectivity index (χ4n) is 3.46. The highest BCUT2D eigenvalue weighted by atomic mass is 16.5. The first-order chi connectivity index (χ1) is 14.5. The van der Waals surface area contributed by atoms with Gasteiger partial charge < -0.3 is 19.4 Å². The molecule has 0 radical (unpaired) electrons. The van der Waals surface area contributed by atoms with E-state index in [4.69, 9.17) is 9.47 Å². The number of amides is 1. The molecular weight excluding hydrogens is 384 g/mol. The zero-order chi connectivity index (χ0) is 21.3. The fourth-order valence-corrected chi connectivity index (χ4v) is 3.46. The number of aromatic nitrogens is 3. The number of ether oxygens (including phenoxy) is 2. The molecule has 154 valence electrons. The Bertz CT molecular complexity index is 1310. The van der Waals surface area contributed by atoms with Gasteiger partial charge in [0.2, 0.25) is 0 Å². The van der Waals surface area contributed by atoms with E-state index in [0.29, 0.717) is 30.1 Å². The standard InChI is InChI=1S/C22H22N4O4/c1-14-8-9-20(30-3)15(12-14)23-21(27)16-13-19-22(28)25(10-11-29-2)17-6-4-5-7-18(17)26(19)24-16/h4-9,12-13H,10-11H2,1-3H3,(H,23,27). The average molecular weight is 406 g/mol. The summed E-state index contributed by atoms with van der Waals surface area (Å²) in [5.41, 5.74) is 3.22. The van der Waals surface area contributed by atoms with Crippen LogP contribution in [0.15, 0.2) is 53.3 Å². The lowest BCUT2D eigenvalue weighted by Gasteiger charge is -2.11. The van der Waals surface area contributed by atoms with Gasteiger partial charge in [-0.2, -0.15) is 5.10 Å². The molecule has 1 N–H and O–H groups in total. The summed E-state index contributed by atoms with van der Waals surface area (Å²) in [7, 11) is 3.13. The van der Waals surface area contributed by atoms with Gasteiger partial charge in [0.15, 0.2) is 5.69 Å². The highest BCUT2D eigenvalue weighted by Crippen LogP contribution is 2.26. The quantitative estimate of drug-likeness (QED) is 0.532. The molecule has 0 atom stereocenters. The first-order valence-electron chi connectivity index (χ1n) is 9.49. The van der Waals surface area contributed by atoms with Gasteiger partial charge in [-0.05, 0) is 36.8 Å². The van der Waals surface area contributed by atoms with E-state index in [0.717, 1.165) is 16.6 Å². The number of para-hydroxylation sites is 2. The molecule has 0 aliphatic heterocycles. The summed E-state index contributed by atoms with van der Waals surface area (Å²) in [4.78, 5) is 26.0. The molecule has 4 aromatic rings. The van der Waals surface area contributed by atoms with Crippen LogP contribution in [0.3, 0.4) is 0 Å². The van der Waals surface area contributed by atoms with Crippen LogP contribution in [-0.2, 0) is 11.3 Å². The number of anilines is 1. The molecular formula is C22H22N4O4. The number of methoxy groups -OCH3 is 2. The summed E-state index contributed by atoms with van der Waals surface area (Å²) in [5.74, 6) is 0.125. The van der Waals surface area contributed by atoms with Crippen molar-refractivity contribution in [1.29, 1.82) is 0 Å². The number of fused-ring (bicyclic) bond motifs is 3. The van der Waals surface area contributed by atoms with Crippen LogP contribution in [0.4, 0.5) is 5.69 Å². The summed E-state index contributed by atoms with van der Waals surface area (Å²) in [6.07, 6.45) is 0. The highest BCUT2D eigenvalue weighted by molar-refractivity contribution is 6.04. The minimum Gasteiger partial charge on any atom is -0.495 e. The number of rotatable bonds is 6. The minimum absolute atomic E-state index is 0.144. The van der Waals surface area contributed by atoms with E-state index < -0.39 is 5.91 Å². The first-order valence-corrected chi connectivity index (χ1v) is 9.49. The van der Waals surface area contributed by atoms with Gasteiger partial charge in [0.1, 0.15) is 11.3 Å². The van der Waals surface area contributed by atoms with Crippen molar-refractivity contribution in [3.63, 3.8) is 0 Å². The first kappa shape index (κ1) is 19.7. The number of hydrogen-bond acceptors (Lipinski definition) is 5. The van der Waals surface area contributed by atoms with E-state index >= 15 is 0 Å². The molecule has 2 aromatic heterocycles. The average Bonchev–Trinajstić information content (AvgIpc) is 3.20. The molecule has 0 unspecified atom stereocenters. The van der Waals surface area contributed by atoms with Gasteiger partial charge in [0.25, 0.3) is 11.5 Å². The zero-order valence-corrected chi connectivity index (χ0v) is 17.0. The summed E-state index contributed by atoms with van der Waals surface area (Å²) in [6.45, 7) is 2.73. The minimum atomic E-state index is -0.422. The maximum Gasteiger partial charge on any atom is 0.277 e. The van der Waals surface area contributed by atoms with Gasteiger partial charge in [0, 0.05) is 19.7 Å². The van der Waals surface area contributed by atoms with E-state index in [1.54, 1.807) is 24.9 Å². The summed E-state index contributed by atoms with van der Waals surface area (Å²) in [5, 5.41) is 7.24. The fraction of sp³-hybridized carbons (Fsp3) is 0.227. The number of aryl methyl sites for hydroxylation is 1. The van der Waals surface area contributed by atoms with E-state index in [-0.39, 0.29) is 11.3 Å². The number of carbonyl (C=O) groups is 1. The zero-order valence-electron chi connectivity index (χ0n) is 17.0. The van der Waals surface area contributed by atoms with Gasteiger partial charge in [-0.3, -0.25) is 9.59 Å². The lowest BCUT2D eigenvalue weighted by atomic mass is 10.2. The molecule has 0 fully saturated rings. The molecule has 2 aromatic carbocycles. The Hall–Kier alpha value is -3.65. The largest absolute Gasteiger partial charge is 0.495 e. The Balaban J connectivity index is 1.81. The second-order valence-electron chi connectivity index (χ2n) is 6.92. The normalized spacial score (nSPS) is 11.2. The third-order valence-corrected chi connectivity index (χ3v) is 4.93. The van der Waals surface area contributed by atoms with Crippen molar-refractivity contribution in [2.45, 2.75) is 13.5 Å². The third kappa shape index (κ3) is 3.42. The Morgan fingerprint density at radius 1 is 1.07 bits per heavy atom. The molecule has 0 aliphatic carbocycles. The van der Waals surface area contributed by atoms with E-state index in [1.807, 2.05) is 43.3 Å². The molecule has 8 heteroatoms. The second-order valence-corrected chi connectivity index (χ2v) is 6.92. The smallest absolute Gasteiger partial charge is 0.277 e. The second kappa shape index (κ2) is 8.00. The van der Waals surface area contributed by atoms with Crippen LogP contribution in [0.1, 0.15) is 16.1 Å². The molecule has 4 rings (SSSR count). The monoisotopic (exact) mass is 406 g/mol. The lowest BCUT2D eigenvalue weighted by Crippen LogP contribution is -2.24. The van der Waals surface area contributed by atoms with Crippen molar-refractivity contribution in [3.05, 3.63) is 70.1 Å². The molecule has 1 amide bonds. The van der Waals surface area contributed by atoms with Crippen LogP contribution in [0.5, 0.6) is 5.75 Å². The maximum absolute atomic E-state index is 13.1. The number of carbonyl (C=O) groups excluding carboxylic acids is 1. The van der Waals surface area contributed by atoms with Crippen molar-refractivity contribution in [1.82, 2.24) is 14.2 Å². The Labute approximate surface area is 172 Å². The van der Waals surface area contributed by atoms with Crippen LogP contribution in [0.25, 0.3) is 16.6 Å². The van der Waals surface area contributed by atoms with Gasteiger partial charge in [-0.25, -0.2) is 4.52 Å². The van der Waals surface area contributed by atoms with E-state index in [9.17, 15) is 9.59 Å². The summed E-state index contributed by atoms with van der Waals surface area (Å²) < 4.78 is 13.6. The molecule has 0 aliphatic rings. The van der Waals surface area contributed by atoms with E-state index in [2.05, 4.69) is 10.4 Å². The Morgan fingerprint density at radius 2 is 1.83 bits per heavy atom. The maximum atomic E-state index is 13.1. The molecule has 0 saturated carbocycles. The predicted octanol–water partition coefficient (Wildman–Crippen LogP) is 2.86. The molecule has 8 nitrogen and oxygen atoms in total. The van der Waals surface area contributed by atoms with Gasteiger partial charge in [-0.1, -0.05) is 18.2 Å². The van der Waals surface area contributed by atoms with Crippen LogP contribution >= 0.6 is 0 Å². The molecule has 0 bridgehead atoms. The number of hydrogen-bond donors (Lipinski definition) is 1. The van der Waals surface area contributed by atoms with Crippen molar-refractivity contribution in [3.8, 4) is 5.75 Å². The molecule has 0 saturated heterocycles. The third-order valence-electron chi connectivity index (χ3n) is 4.93. The van der Waals surface area contributed by atoms with Crippen molar-refractivity contribution >= 4 is 28.1 Å². The van der Waals surface area contributed by atoms with Crippen LogP contribution in [0, 0.1) is 6.92 Å². The number of benzene rings is 2. The van der Waals surface area contributed by atoms with Gasteiger partial charge >= 0.3 is 0 Å².